The molecule has 1 fully saturated rings. The van der Waals surface area contributed by atoms with Crippen molar-refractivity contribution < 1.29 is 14.3 Å². The normalized spacial score (nSPS) is 16.4. The summed E-state index contributed by atoms with van der Waals surface area (Å²) in [5.41, 5.74) is 5.98. The van der Waals surface area contributed by atoms with Gasteiger partial charge in [0.15, 0.2) is 10.8 Å². The van der Waals surface area contributed by atoms with E-state index in [1.54, 1.807) is 11.0 Å². The number of ether oxygens (including phenoxy) is 1. The van der Waals surface area contributed by atoms with E-state index in [2.05, 4.69) is 31.8 Å². The molecule has 0 saturated carbocycles. The molecule has 2 aliphatic heterocycles. The van der Waals surface area contributed by atoms with E-state index in [9.17, 15) is 9.59 Å². The number of carbonyl (C=O) groups is 2. The van der Waals surface area contributed by atoms with Crippen LogP contribution in [0, 0.1) is 0 Å². The number of aromatic nitrogens is 3. The number of benzene rings is 1. The number of carbonyl (C=O) groups excluding carboxylic acids is 2. The van der Waals surface area contributed by atoms with Gasteiger partial charge in [-0.15, -0.1) is 10.2 Å². The number of pyridine rings is 1. The molecule has 1 unspecified atom stereocenters. The largest absolute Gasteiger partial charge is 0.444 e. The van der Waals surface area contributed by atoms with Crippen LogP contribution in [0.1, 0.15) is 54.7 Å². The van der Waals surface area contributed by atoms with Gasteiger partial charge in [0.1, 0.15) is 5.60 Å². The van der Waals surface area contributed by atoms with Gasteiger partial charge in [-0.25, -0.2) is 4.79 Å². The van der Waals surface area contributed by atoms with Gasteiger partial charge in [-0.3, -0.25) is 9.78 Å². The maximum atomic E-state index is 12.5. The molecule has 1 aromatic carbocycles. The van der Waals surface area contributed by atoms with Gasteiger partial charge in [0, 0.05) is 57.5 Å². The van der Waals surface area contributed by atoms with Crippen LogP contribution in [-0.4, -0.2) is 64.9 Å². The van der Waals surface area contributed by atoms with Gasteiger partial charge < -0.3 is 25.2 Å². The zero-order valence-corrected chi connectivity index (χ0v) is 23.5. The van der Waals surface area contributed by atoms with Gasteiger partial charge in [-0.2, -0.15) is 0 Å². The second-order valence-corrected chi connectivity index (χ2v) is 11.3. The van der Waals surface area contributed by atoms with Crippen molar-refractivity contribution in [3.05, 3.63) is 58.5 Å². The van der Waals surface area contributed by atoms with E-state index in [1.807, 2.05) is 52.2 Å². The fourth-order valence-corrected chi connectivity index (χ4v) is 5.26. The number of nitrogens with zero attached hydrogens (tertiary/aromatic N) is 5. The summed E-state index contributed by atoms with van der Waals surface area (Å²) >= 11 is 6.10. The van der Waals surface area contributed by atoms with Crippen LogP contribution in [0.25, 0.3) is 11.3 Å². The molecular formula is C28H32ClN7O3. The maximum Gasteiger partial charge on any atom is 0.410 e. The number of amides is 2. The Balaban J connectivity index is 1.42. The summed E-state index contributed by atoms with van der Waals surface area (Å²) in [6, 6.07) is 9.73. The Labute approximate surface area is 232 Å². The molecule has 1 atom stereocenters. The molecule has 0 radical (unpaired) electrons. The fourth-order valence-electron chi connectivity index (χ4n) is 5.12. The summed E-state index contributed by atoms with van der Waals surface area (Å²) in [5, 5.41) is 13.9. The summed E-state index contributed by atoms with van der Waals surface area (Å²) in [6.07, 6.45) is 2.53. The quantitative estimate of drug-likeness (QED) is 0.469. The number of likely N-dealkylation sites (tertiary alicyclic amines) is 1. The molecule has 5 rings (SSSR count). The molecule has 0 bridgehead atoms. The first-order valence-corrected chi connectivity index (χ1v) is 13.3. The third-order valence-electron chi connectivity index (χ3n) is 6.86. The second kappa shape index (κ2) is 10.3. The summed E-state index contributed by atoms with van der Waals surface area (Å²) in [6.45, 7) is 7.58. The van der Waals surface area contributed by atoms with Crippen molar-refractivity contribution in [1.29, 1.82) is 0 Å². The summed E-state index contributed by atoms with van der Waals surface area (Å²) < 4.78 is 5.56. The zero-order valence-electron chi connectivity index (χ0n) is 22.7. The third-order valence-corrected chi connectivity index (χ3v) is 7.04. The molecule has 3 aromatic rings. The molecule has 11 heteroatoms. The van der Waals surface area contributed by atoms with E-state index in [4.69, 9.17) is 21.3 Å². The molecular weight excluding hydrogens is 518 g/mol. The first kappa shape index (κ1) is 26.7. The monoisotopic (exact) mass is 549 g/mol. The Hall–Kier alpha value is -3.92. The Morgan fingerprint density at radius 1 is 1.15 bits per heavy atom. The topological polar surface area (TPSA) is 113 Å². The Morgan fingerprint density at radius 3 is 2.69 bits per heavy atom. The van der Waals surface area contributed by atoms with Crippen molar-refractivity contribution >= 4 is 40.7 Å². The van der Waals surface area contributed by atoms with E-state index in [0.717, 1.165) is 40.2 Å². The van der Waals surface area contributed by atoms with Gasteiger partial charge >= 0.3 is 6.09 Å². The van der Waals surface area contributed by atoms with Crippen LogP contribution in [0.5, 0.6) is 0 Å². The third kappa shape index (κ3) is 5.47. The average molecular weight is 550 g/mol. The SMILES string of the molecule is CNC(=O)c1nnc(Cl)cc1Nc1cccc2c1N(C)Cc1cc(C3CCN(C(=O)OC(C)(C)C)C3)cnc1-2. The lowest BCUT2D eigenvalue weighted by molar-refractivity contribution is 0.0292. The lowest BCUT2D eigenvalue weighted by atomic mass is 9.93. The van der Waals surface area contributed by atoms with Crippen molar-refractivity contribution in [3.63, 3.8) is 0 Å². The predicted octanol–water partition coefficient (Wildman–Crippen LogP) is 4.97. The summed E-state index contributed by atoms with van der Waals surface area (Å²) in [7, 11) is 3.56. The Bertz CT molecular complexity index is 1440. The van der Waals surface area contributed by atoms with E-state index in [0.29, 0.717) is 25.3 Å². The van der Waals surface area contributed by atoms with Crippen molar-refractivity contribution in [2.75, 3.05) is 37.4 Å². The molecule has 204 valence electrons. The number of para-hydroxylation sites is 1. The maximum absolute atomic E-state index is 12.5. The summed E-state index contributed by atoms with van der Waals surface area (Å²) in [4.78, 5) is 33.7. The highest BCUT2D eigenvalue weighted by atomic mass is 35.5. The van der Waals surface area contributed by atoms with Crippen molar-refractivity contribution in [3.8, 4) is 11.3 Å². The first-order valence-electron chi connectivity index (χ1n) is 12.9. The van der Waals surface area contributed by atoms with Gasteiger partial charge in [-0.1, -0.05) is 23.7 Å². The van der Waals surface area contributed by atoms with Crippen molar-refractivity contribution in [1.82, 2.24) is 25.4 Å². The van der Waals surface area contributed by atoms with E-state index in [-0.39, 0.29) is 28.8 Å². The molecule has 0 aliphatic carbocycles. The number of fused-ring (bicyclic) bond motifs is 3. The van der Waals surface area contributed by atoms with Gasteiger partial charge in [0.05, 0.1) is 22.8 Å². The van der Waals surface area contributed by atoms with Crippen LogP contribution in [0.3, 0.4) is 0 Å². The van der Waals surface area contributed by atoms with Crippen molar-refractivity contribution in [2.24, 2.45) is 0 Å². The molecule has 0 spiro atoms. The van der Waals surface area contributed by atoms with E-state index >= 15 is 0 Å². The van der Waals surface area contributed by atoms with E-state index in [1.165, 1.54) is 7.05 Å². The molecule has 39 heavy (non-hydrogen) atoms. The Kier molecular flexibility index (Phi) is 7.07. The van der Waals surface area contributed by atoms with Crippen LogP contribution in [0.2, 0.25) is 5.15 Å². The van der Waals surface area contributed by atoms with Gasteiger partial charge in [-0.05, 0) is 50.5 Å². The van der Waals surface area contributed by atoms with Crippen LogP contribution in [0.15, 0.2) is 36.5 Å². The molecule has 2 amide bonds. The first-order chi connectivity index (χ1) is 18.5. The van der Waals surface area contributed by atoms with Crippen LogP contribution >= 0.6 is 11.6 Å². The number of nitrogens with one attached hydrogen (secondary N) is 2. The van der Waals surface area contributed by atoms with Crippen LogP contribution in [-0.2, 0) is 11.3 Å². The molecule has 2 N–H and O–H groups in total. The van der Waals surface area contributed by atoms with Crippen LogP contribution in [0.4, 0.5) is 21.9 Å². The lowest BCUT2D eigenvalue weighted by Gasteiger charge is -2.32. The molecule has 10 nitrogen and oxygen atoms in total. The number of hydrogen-bond donors (Lipinski definition) is 2. The number of rotatable bonds is 4. The smallest absolute Gasteiger partial charge is 0.410 e. The van der Waals surface area contributed by atoms with Gasteiger partial charge in [0.2, 0.25) is 0 Å². The van der Waals surface area contributed by atoms with Gasteiger partial charge in [0.25, 0.3) is 5.91 Å². The highest BCUT2D eigenvalue weighted by Crippen LogP contribution is 2.44. The van der Waals surface area contributed by atoms with Crippen molar-refractivity contribution in [2.45, 2.75) is 45.3 Å². The minimum Gasteiger partial charge on any atom is -0.444 e. The summed E-state index contributed by atoms with van der Waals surface area (Å²) in [5.74, 6) is -0.154. The zero-order chi connectivity index (χ0) is 27.9. The molecule has 4 heterocycles. The highest BCUT2D eigenvalue weighted by molar-refractivity contribution is 6.29. The molecule has 1 saturated heterocycles. The lowest BCUT2D eigenvalue weighted by Crippen LogP contribution is -2.35. The molecule has 2 aliphatic rings. The second-order valence-electron chi connectivity index (χ2n) is 10.9. The minimum absolute atomic E-state index is 0.151. The number of hydrogen-bond acceptors (Lipinski definition) is 8. The van der Waals surface area contributed by atoms with E-state index < -0.39 is 5.60 Å². The predicted molar refractivity (Wildman–Crippen MR) is 151 cm³/mol. The Morgan fingerprint density at radius 2 is 1.95 bits per heavy atom. The number of anilines is 3. The number of halogens is 1. The molecule has 2 aromatic heterocycles. The fraction of sp³-hybridized carbons (Fsp3) is 0.393. The minimum atomic E-state index is -0.515. The highest BCUT2D eigenvalue weighted by Gasteiger charge is 2.32. The standard InChI is InChI=1S/C28H32ClN7O3/c1-28(2,3)39-27(38)36-10-9-16(15-36)17-11-18-14-35(5)25-19(23(18)31-13-17)7-6-8-20(25)32-21-12-22(29)33-34-24(21)26(37)30-4/h6-8,11-13,16H,9-10,14-15H2,1-5H3,(H,30,37)(H,32,33). The average Bonchev–Trinajstić information content (AvgIpc) is 3.38. The van der Waals surface area contributed by atoms with Crippen LogP contribution < -0.4 is 15.5 Å².